The average molecular weight is 421 g/mol. The fourth-order valence-electron chi connectivity index (χ4n) is 3.27. The number of rotatable bonds is 7. The largest absolute Gasteiger partial charge is 0.493 e. The van der Waals surface area contributed by atoms with Gasteiger partial charge in [0.25, 0.3) is 5.69 Å². The number of methoxy groups -OCH3 is 2. The first-order valence-electron chi connectivity index (χ1n) is 9.06. The van der Waals surface area contributed by atoms with Crippen LogP contribution in [0.3, 0.4) is 0 Å². The SMILES string of the molecule is COc1cc(C)c(Nc2ccc(S(=O)(=O)N3CCCC3)cc2[N+](=O)[O-])cc1OC. The van der Waals surface area contributed by atoms with Gasteiger partial charge in [-0.3, -0.25) is 10.1 Å². The number of aryl methyl sites for hydroxylation is 1. The Hall–Kier alpha value is -2.85. The zero-order valence-corrected chi connectivity index (χ0v) is 17.3. The van der Waals surface area contributed by atoms with E-state index in [2.05, 4.69) is 5.32 Å². The molecule has 2 aromatic rings. The number of nitro benzene ring substituents is 1. The summed E-state index contributed by atoms with van der Waals surface area (Å²) in [7, 11) is -0.728. The first-order chi connectivity index (χ1) is 13.8. The molecular weight excluding hydrogens is 398 g/mol. The summed E-state index contributed by atoms with van der Waals surface area (Å²) in [5.41, 5.74) is 1.23. The zero-order chi connectivity index (χ0) is 21.2. The second kappa shape index (κ2) is 8.26. The summed E-state index contributed by atoms with van der Waals surface area (Å²) in [4.78, 5) is 11.0. The number of ether oxygens (including phenoxy) is 2. The number of sulfonamides is 1. The number of hydrogen-bond donors (Lipinski definition) is 1. The van der Waals surface area contributed by atoms with Gasteiger partial charge in [-0.05, 0) is 43.5 Å². The molecule has 9 nitrogen and oxygen atoms in total. The highest BCUT2D eigenvalue weighted by Crippen LogP contribution is 2.37. The molecule has 0 amide bonds. The van der Waals surface area contributed by atoms with Crippen LogP contribution >= 0.6 is 0 Å². The zero-order valence-electron chi connectivity index (χ0n) is 16.5. The van der Waals surface area contributed by atoms with Crippen LogP contribution in [0.4, 0.5) is 17.1 Å². The van der Waals surface area contributed by atoms with Crippen LogP contribution in [0, 0.1) is 17.0 Å². The second-order valence-corrected chi connectivity index (χ2v) is 8.63. The topological polar surface area (TPSA) is 111 Å². The molecule has 0 radical (unpaired) electrons. The van der Waals surface area contributed by atoms with E-state index in [-0.39, 0.29) is 16.3 Å². The molecule has 0 unspecified atom stereocenters. The summed E-state index contributed by atoms with van der Waals surface area (Å²) >= 11 is 0. The Morgan fingerprint density at radius 1 is 1.03 bits per heavy atom. The van der Waals surface area contributed by atoms with Gasteiger partial charge in [-0.1, -0.05) is 0 Å². The molecule has 156 valence electrons. The minimum atomic E-state index is -3.75. The van der Waals surface area contributed by atoms with E-state index in [1.54, 1.807) is 12.1 Å². The lowest BCUT2D eigenvalue weighted by molar-refractivity contribution is -0.384. The van der Waals surface area contributed by atoms with Crippen LogP contribution in [0.15, 0.2) is 35.2 Å². The Morgan fingerprint density at radius 3 is 2.24 bits per heavy atom. The maximum absolute atomic E-state index is 12.7. The standard InChI is InChI=1S/C19H23N3O6S/c1-13-10-18(27-2)19(28-3)12-16(13)20-15-7-6-14(11-17(15)22(23)24)29(25,26)21-8-4-5-9-21/h6-7,10-12,20H,4-5,8-9H2,1-3H3. The third kappa shape index (κ3) is 4.13. The summed E-state index contributed by atoms with van der Waals surface area (Å²) < 4.78 is 37.4. The highest BCUT2D eigenvalue weighted by atomic mass is 32.2. The van der Waals surface area contributed by atoms with Crippen LogP contribution < -0.4 is 14.8 Å². The summed E-state index contributed by atoms with van der Waals surface area (Å²) in [6.07, 6.45) is 1.58. The number of nitro groups is 1. The molecule has 0 aliphatic carbocycles. The van der Waals surface area contributed by atoms with E-state index in [0.29, 0.717) is 30.3 Å². The van der Waals surface area contributed by atoms with Crippen molar-refractivity contribution in [2.45, 2.75) is 24.7 Å². The summed E-state index contributed by atoms with van der Waals surface area (Å²) in [6.45, 7) is 2.68. The fraction of sp³-hybridized carbons (Fsp3) is 0.368. The number of nitrogens with zero attached hydrogens (tertiary/aromatic N) is 2. The molecule has 0 atom stereocenters. The van der Waals surface area contributed by atoms with Crippen molar-refractivity contribution in [3.8, 4) is 11.5 Å². The van der Waals surface area contributed by atoms with Crippen LogP contribution in [0.1, 0.15) is 18.4 Å². The highest BCUT2D eigenvalue weighted by Gasteiger charge is 2.29. The van der Waals surface area contributed by atoms with E-state index in [1.807, 2.05) is 6.92 Å². The smallest absolute Gasteiger partial charge is 0.294 e. The maximum Gasteiger partial charge on any atom is 0.294 e. The van der Waals surface area contributed by atoms with Crippen molar-refractivity contribution in [3.63, 3.8) is 0 Å². The summed E-state index contributed by atoms with van der Waals surface area (Å²) in [5, 5.41) is 14.6. The van der Waals surface area contributed by atoms with Crippen molar-refractivity contribution >= 4 is 27.1 Å². The quantitative estimate of drug-likeness (QED) is 0.538. The molecule has 3 rings (SSSR count). The van der Waals surface area contributed by atoms with Gasteiger partial charge < -0.3 is 14.8 Å². The predicted octanol–water partition coefficient (Wildman–Crippen LogP) is 3.45. The molecule has 1 saturated heterocycles. The first kappa shape index (κ1) is 20.9. The Bertz CT molecular complexity index is 1030. The molecule has 0 aromatic heterocycles. The first-order valence-corrected chi connectivity index (χ1v) is 10.5. The van der Waals surface area contributed by atoms with E-state index in [4.69, 9.17) is 9.47 Å². The van der Waals surface area contributed by atoms with Crippen LogP contribution in [0.2, 0.25) is 0 Å². The predicted molar refractivity (Wildman–Crippen MR) is 109 cm³/mol. The third-order valence-electron chi connectivity index (χ3n) is 4.87. The van der Waals surface area contributed by atoms with Crippen LogP contribution in [-0.2, 0) is 10.0 Å². The summed E-state index contributed by atoms with van der Waals surface area (Å²) in [6, 6.07) is 7.33. The Morgan fingerprint density at radius 2 is 1.66 bits per heavy atom. The molecule has 1 fully saturated rings. The van der Waals surface area contributed by atoms with Gasteiger partial charge in [0.15, 0.2) is 11.5 Å². The molecule has 1 aliphatic heterocycles. The number of anilines is 2. The molecule has 1 N–H and O–H groups in total. The molecule has 0 spiro atoms. The van der Waals surface area contributed by atoms with Gasteiger partial charge in [0.05, 0.1) is 24.0 Å². The molecule has 0 saturated carbocycles. The monoisotopic (exact) mass is 421 g/mol. The van der Waals surface area contributed by atoms with Gasteiger partial charge >= 0.3 is 0 Å². The van der Waals surface area contributed by atoms with Gasteiger partial charge in [0.2, 0.25) is 10.0 Å². The maximum atomic E-state index is 12.7. The van der Waals surface area contributed by atoms with Crippen molar-refractivity contribution in [2.75, 3.05) is 32.6 Å². The Labute approximate surface area is 169 Å². The number of benzene rings is 2. The van der Waals surface area contributed by atoms with Crippen molar-refractivity contribution in [1.29, 1.82) is 0 Å². The molecular formula is C19H23N3O6S. The lowest BCUT2D eigenvalue weighted by Gasteiger charge is -2.17. The van der Waals surface area contributed by atoms with E-state index >= 15 is 0 Å². The van der Waals surface area contributed by atoms with Crippen molar-refractivity contribution in [1.82, 2.24) is 4.31 Å². The normalized spacial score (nSPS) is 14.6. The second-order valence-electron chi connectivity index (χ2n) is 6.69. The average Bonchev–Trinajstić information content (AvgIpc) is 3.24. The van der Waals surface area contributed by atoms with Crippen LogP contribution in [-0.4, -0.2) is 45.0 Å². The summed E-state index contributed by atoms with van der Waals surface area (Å²) in [5.74, 6) is 1.01. The Kier molecular flexibility index (Phi) is 5.94. The lowest BCUT2D eigenvalue weighted by atomic mass is 10.1. The molecule has 2 aromatic carbocycles. The van der Waals surface area contributed by atoms with Crippen LogP contribution in [0.5, 0.6) is 11.5 Å². The van der Waals surface area contributed by atoms with Crippen molar-refractivity contribution in [2.24, 2.45) is 0 Å². The lowest BCUT2D eigenvalue weighted by Crippen LogP contribution is -2.27. The minimum absolute atomic E-state index is 0.0827. The van der Waals surface area contributed by atoms with Gasteiger partial charge in [-0.2, -0.15) is 4.31 Å². The number of nitrogens with one attached hydrogen (secondary N) is 1. The van der Waals surface area contributed by atoms with Crippen molar-refractivity contribution < 1.29 is 22.8 Å². The van der Waals surface area contributed by atoms with E-state index in [1.165, 1.54) is 30.7 Å². The van der Waals surface area contributed by atoms with E-state index < -0.39 is 14.9 Å². The van der Waals surface area contributed by atoms with Crippen molar-refractivity contribution in [3.05, 3.63) is 46.0 Å². The highest BCUT2D eigenvalue weighted by molar-refractivity contribution is 7.89. The molecule has 1 heterocycles. The van der Waals surface area contributed by atoms with Crippen LogP contribution in [0.25, 0.3) is 0 Å². The third-order valence-corrected chi connectivity index (χ3v) is 6.76. The number of hydrogen-bond acceptors (Lipinski definition) is 7. The molecule has 0 bridgehead atoms. The van der Waals surface area contributed by atoms with E-state index in [0.717, 1.165) is 24.5 Å². The van der Waals surface area contributed by atoms with Gasteiger partial charge in [0, 0.05) is 30.9 Å². The minimum Gasteiger partial charge on any atom is -0.493 e. The Balaban J connectivity index is 2.00. The molecule has 29 heavy (non-hydrogen) atoms. The van der Waals surface area contributed by atoms with E-state index in [9.17, 15) is 18.5 Å². The van der Waals surface area contributed by atoms with Gasteiger partial charge in [-0.15, -0.1) is 0 Å². The van der Waals surface area contributed by atoms with Gasteiger partial charge in [-0.25, -0.2) is 8.42 Å². The van der Waals surface area contributed by atoms with Gasteiger partial charge in [0.1, 0.15) is 5.69 Å². The molecule has 10 heteroatoms. The fourth-order valence-corrected chi connectivity index (χ4v) is 4.80. The molecule has 1 aliphatic rings.